The average Bonchev–Trinajstić information content (AvgIpc) is 3.18. The van der Waals surface area contributed by atoms with Crippen LogP contribution in [0.4, 0.5) is 0 Å². The van der Waals surface area contributed by atoms with Gasteiger partial charge in [0, 0.05) is 5.75 Å². The first kappa shape index (κ1) is 18.8. The van der Waals surface area contributed by atoms with E-state index < -0.39 is 0 Å². The number of nitrogens with one attached hydrogen (secondary N) is 1. The highest BCUT2D eigenvalue weighted by atomic mass is 32.2. The molecule has 2 nitrogen and oxygen atoms in total. The number of aliphatic imine (C=N–C) groups is 1. The van der Waals surface area contributed by atoms with E-state index in [0.717, 1.165) is 10.9 Å². The molecule has 142 valence electrons. The van der Waals surface area contributed by atoms with Gasteiger partial charge in [-0.05, 0) is 28.2 Å². The lowest BCUT2D eigenvalue weighted by molar-refractivity contribution is 0.573. The lowest BCUT2D eigenvalue weighted by Crippen LogP contribution is -2.22. The highest BCUT2D eigenvalue weighted by Gasteiger charge is 2.31. The molecule has 4 rings (SSSR count). The van der Waals surface area contributed by atoms with Crippen molar-refractivity contribution in [3.05, 3.63) is 107 Å². The van der Waals surface area contributed by atoms with Crippen LogP contribution in [0.5, 0.6) is 0 Å². The number of nitrogens with zero attached hydrogens (tertiary/aromatic N) is 1. The molecule has 0 aromatic heterocycles. The summed E-state index contributed by atoms with van der Waals surface area (Å²) in [5, 5.41) is 4.69. The number of hydrogen-bond acceptors (Lipinski definition) is 3. The van der Waals surface area contributed by atoms with Crippen LogP contribution in [0.2, 0.25) is 0 Å². The molecule has 0 saturated heterocycles. The fourth-order valence-electron chi connectivity index (χ4n) is 3.52. The van der Waals surface area contributed by atoms with Gasteiger partial charge in [-0.25, -0.2) is 0 Å². The van der Waals surface area contributed by atoms with E-state index in [1.807, 2.05) is 0 Å². The van der Waals surface area contributed by atoms with E-state index in [-0.39, 0.29) is 12.1 Å². The lowest BCUT2D eigenvalue weighted by atomic mass is 9.95. The molecule has 0 saturated carbocycles. The van der Waals surface area contributed by atoms with Crippen molar-refractivity contribution < 1.29 is 0 Å². The van der Waals surface area contributed by atoms with Crippen molar-refractivity contribution in [3.8, 4) is 0 Å². The van der Waals surface area contributed by atoms with Crippen molar-refractivity contribution in [2.24, 2.45) is 4.99 Å². The number of hydrogen-bond donors (Lipinski definition) is 1. The molecule has 0 bridgehead atoms. The van der Waals surface area contributed by atoms with Crippen LogP contribution in [0, 0.1) is 0 Å². The van der Waals surface area contributed by atoms with Gasteiger partial charge in [0.1, 0.15) is 6.04 Å². The molecule has 3 aromatic carbocycles. The Balaban J connectivity index is 1.51. The number of benzene rings is 3. The molecule has 28 heavy (non-hydrogen) atoms. The Morgan fingerprint density at radius 1 is 0.821 bits per heavy atom. The highest BCUT2D eigenvalue weighted by Crippen LogP contribution is 2.38. The maximum Gasteiger partial charge on any atom is 0.158 e. The Morgan fingerprint density at radius 2 is 1.43 bits per heavy atom. The monoisotopic (exact) mass is 386 g/mol. The third kappa shape index (κ3) is 4.31. The van der Waals surface area contributed by atoms with Crippen LogP contribution in [0.1, 0.15) is 54.1 Å². The molecule has 0 aliphatic carbocycles. The fraction of sp³-hybridized carbons (Fsp3) is 0.240. The molecule has 1 heterocycles. The van der Waals surface area contributed by atoms with E-state index in [4.69, 9.17) is 4.99 Å². The van der Waals surface area contributed by atoms with Crippen molar-refractivity contribution in [1.29, 1.82) is 0 Å². The minimum Gasteiger partial charge on any atom is -0.356 e. The highest BCUT2D eigenvalue weighted by molar-refractivity contribution is 8.13. The Bertz CT molecular complexity index is 918. The SMILES string of the molecule is CC(C)c1ccc(CSC2=N[C@@H](c3ccccc3)[C@@H](c3ccccc3)N2)cc1. The van der Waals surface area contributed by atoms with Crippen molar-refractivity contribution in [1.82, 2.24) is 5.32 Å². The predicted octanol–water partition coefficient (Wildman–Crippen LogP) is 6.49. The molecule has 0 radical (unpaired) electrons. The second kappa shape index (κ2) is 8.66. The quantitative estimate of drug-likeness (QED) is 0.542. The summed E-state index contributed by atoms with van der Waals surface area (Å²) in [6, 6.07) is 30.4. The summed E-state index contributed by atoms with van der Waals surface area (Å²) in [5.41, 5.74) is 5.24. The van der Waals surface area contributed by atoms with Gasteiger partial charge < -0.3 is 5.32 Å². The molecule has 0 amide bonds. The van der Waals surface area contributed by atoms with E-state index in [0.29, 0.717) is 5.92 Å². The maximum atomic E-state index is 5.05. The van der Waals surface area contributed by atoms with Crippen LogP contribution in [-0.4, -0.2) is 5.17 Å². The van der Waals surface area contributed by atoms with E-state index in [2.05, 4.69) is 104 Å². The van der Waals surface area contributed by atoms with Gasteiger partial charge in [-0.1, -0.05) is 111 Å². The van der Waals surface area contributed by atoms with Gasteiger partial charge >= 0.3 is 0 Å². The number of rotatable bonds is 5. The minimum absolute atomic E-state index is 0.106. The molecule has 3 heteroatoms. The molecule has 0 unspecified atom stereocenters. The van der Waals surface area contributed by atoms with Crippen molar-refractivity contribution in [2.45, 2.75) is 37.6 Å². The van der Waals surface area contributed by atoms with Crippen LogP contribution >= 0.6 is 11.8 Å². The van der Waals surface area contributed by atoms with Crippen molar-refractivity contribution >= 4 is 16.9 Å². The largest absolute Gasteiger partial charge is 0.356 e. The summed E-state index contributed by atoms with van der Waals surface area (Å²) in [7, 11) is 0. The van der Waals surface area contributed by atoms with Crippen LogP contribution in [-0.2, 0) is 5.75 Å². The summed E-state index contributed by atoms with van der Waals surface area (Å²) in [4.78, 5) is 5.05. The summed E-state index contributed by atoms with van der Waals surface area (Å²) in [6.45, 7) is 4.46. The first-order chi connectivity index (χ1) is 13.7. The Hall–Kier alpha value is -2.52. The lowest BCUT2D eigenvalue weighted by Gasteiger charge is -2.19. The van der Waals surface area contributed by atoms with Gasteiger partial charge in [-0.15, -0.1) is 0 Å². The molecule has 1 N–H and O–H groups in total. The van der Waals surface area contributed by atoms with Crippen LogP contribution in [0.25, 0.3) is 0 Å². The van der Waals surface area contributed by atoms with Gasteiger partial charge in [-0.2, -0.15) is 0 Å². The van der Waals surface area contributed by atoms with Crippen LogP contribution < -0.4 is 5.32 Å². The zero-order valence-corrected chi connectivity index (χ0v) is 17.2. The van der Waals surface area contributed by atoms with Gasteiger partial charge in [0.05, 0.1) is 6.04 Å². The zero-order valence-electron chi connectivity index (χ0n) is 16.4. The number of thioether (sulfide) groups is 1. The van der Waals surface area contributed by atoms with E-state index in [1.54, 1.807) is 11.8 Å². The second-order valence-electron chi connectivity index (χ2n) is 7.51. The molecular formula is C25H26N2S. The molecule has 3 aromatic rings. The minimum atomic E-state index is 0.106. The summed E-state index contributed by atoms with van der Waals surface area (Å²) >= 11 is 1.79. The standard InChI is InChI=1S/C25H26N2S/c1-18(2)20-15-13-19(14-16-20)17-28-25-26-23(21-9-5-3-6-10-21)24(27-25)22-11-7-4-8-12-22/h3-16,18,23-24H,17H2,1-2H3,(H,26,27)/t23-,24+. The molecular weight excluding hydrogens is 360 g/mol. The molecule has 0 spiro atoms. The van der Waals surface area contributed by atoms with Gasteiger partial charge in [0.15, 0.2) is 5.17 Å². The maximum absolute atomic E-state index is 5.05. The summed E-state index contributed by atoms with van der Waals surface area (Å²) < 4.78 is 0. The van der Waals surface area contributed by atoms with Crippen LogP contribution in [0.3, 0.4) is 0 Å². The van der Waals surface area contributed by atoms with E-state index in [1.165, 1.54) is 22.3 Å². The van der Waals surface area contributed by atoms with E-state index in [9.17, 15) is 0 Å². The number of amidine groups is 1. The molecule has 1 aliphatic heterocycles. The predicted molar refractivity (Wildman–Crippen MR) is 121 cm³/mol. The fourth-order valence-corrected chi connectivity index (χ4v) is 4.42. The third-order valence-electron chi connectivity index (χ3n) is 5.17. The average molecular weight is 387 g/mol. The zero-order chi connectivity index (χ0) is 19.3. The van der Waals surface area contributed by atoms with Gasteiger partial charge in [-0.3, -0.25) is 4.99 Å². The smallest absolute Gasteiger partial charge is 0.158 e. The van der Waals surface area contributed by atoms with Crippen molar-refractivity contribution in [3.63, 3.8) is 0 Å². The van der Waals surface area contributed by atoms with Crippen molar-refractivity contribution in [2.75, 3.05) is 0 Å². The summed E-state index contributed by atoms with van der Waals surface area (Å²) in [5.74, 6) is 1.49. The molecule has 2 atom stereocenters. The first-order valence-corrected chi connectivity index (χ1v) is 10.8. The topological polar surface area (TPSA) is 24.4 Å². The Morgan fingerprint density at radius 3 is 2.04 bits per heavy atom. The van der Waals surface area contributed by atoms with E-state index >= 15 is 0 Å². The van der Waals surface area contributed by atoms with Crippen LogP contribution in [0.15, 0.2) is 89.9 Å². The molecule has 0 fully saturated rings. The first-order valence-electron chi connectivity index (χ1n) is 9.86. The second-order valence-corrected chi connectivity index (χ2v) is 8.47. The Labute approximate surface area is 172 Å². The normalized spacial score (nSPS) is 18.8. The third-order valence-corrected chi connectivity index (χ3v) is 6.15. The summed E-state index contributed by atoms with van der Waals surface area (Å²) in [6.07, 6.45) is 0. The van der Waals surface area contributed by atoms with Gasteiger partial charge in [0.25, 0.3) is 0 Å². The van der Waals surface area contributed by atoms with Gasteiger partial charge in [0.2, 0.25) is 0 Å². The molecule has 1 aliphatic rings. The Kier molecular flexibility index (Phi) is 5.82.